The zero-order chi connectivity index (χ0) is 14.5. The molecule has 1 amide bonds. The fourth-order valence-corrected chi connectivity index (χ4v) is 3.04. The number of rotatable bonds is 3. The van der Waals surface area contributed by atoms with E-state index in [0.29, 0.717) is 25.3 Å². The molecule has 20 heavy (non-hydrogen) atoms. The lowest BCUT2D eigenvalue weighted by atomic mass is 9.97. The van der Waals surface area contributed by atoms with E-state index < -0.39 is 0 Å². The molecule has 0 saturated carbocycles. The van der Waals surface area contributed by atoms with E-state index in [4.69, 9.17) is 4.74 Å². The Morgan fingerprint density at radius 1 is 1.40 bits per heavy atom. The number of halogens is 1. The van der Waals surface area contributed by atoms with Crippen LogP contribution in [0.25, 0.3) is 0 Å². The molecule has 1 aromatic carbocycles. The number of amides is 1. The summed E-state index contributed by atoms with van der Waals surface area (Å²) < 4.78 is 6.00. The van der Waals surface area contributed by atoms with Crippen LogP contribution < -0.4 is 0 Å². The highest BCUT2D eigenvalue weighted by atomic mass is 127. The lowest BCUT2D eigenvalue weighted by Crippen LogP contribution is -2.43. The number of piperidine rings is 1. The van der Waals surface area contributed by atoms with E-state index in [1.165, 1.54) is 0 Å². The second-order valence-electron chi connectivity index (χ2n) is 4.82. The summed E-state index contributed by atoms with van der Waals surface area (Å²) in [6, 6.07) is 7.52. The van der Waals surface area contributed by atoms with E-state index in [9.17, 15) is 9.59 Å². The molecule has 0 unspecified atom stereocenters. The predicted molar refractivity (Wildman–Crippen MR) is 84.4 cm³/mol. The highest BCUT2D eigenvalue weighted by Gasteiger charge is 2.30. The number of likely N-dealkylation sites (tertiary alicyclic amines) is 1. The number of carbonyl (C=O) groups excluding carboxylic acids is 2. The van der Waals surface area contributed by atoms with Crippen molar-refractivity contribution in [3.8, 4) is 0 Å². The SMILES string of the molecule is CCOC(=O)[C@@H]1CCCN(C(=O)c2ccccc2I)C1. The van der Waals surface area contributed by atoms with Crippen molar-refractivity contribution in [2.24, 2.45) is 5.92 Å². The van der Waals surface area contributed by atoms with Crippen LogP contribution in [0.2, 0.25) is 0 Å². The highest BCUT2D eigenvalue weighted by Crippen LogP contribution is 2.21. The van der Waals surface area contributed by atoms with Crippen molar-refractivity contribution in [3.63, 3.8) is 0 Å². The van der Waals surface area contributed by atoms with Crippen LogP contribution in [0.3, 0.4) is 0 Å². The van der Waals surface area contributed by atoms with Crippen molar-refractivity contribution in [1.82, 2.24) is 4.90 Å². The monoisotopic (exact) mass is 387 g/mol. The summed E-state index contributed by atoms with van der Waals surface area (Å²) in [6.07, 6.45) is 1.65. The summed E-state index contributed by atoms with van der Waals surface area (Å²) in [5.41, 5.74) is 0.706. The first-order chi connectivity index (χ1) is 9.63. The normalized spacial score (nSPS) is 18.7. The van der Waals surface area contributed by atoms with E-state index >= 15 is 0 Å². The van der Waals surface area contributed by atoms with Crippen molar-refractivity contribution in [2.45, 2.75) is 19.8 Å². The minimum Gasteiger partial charge on any atom is -0.466 e. The third-order valence-electron chi connectivity index (χ3n) is 3.43. The molecule has 1 aliphatic heterocycles. The first-order valence-electron chi connectivity index (χ1n) is 6.84. The number of esters is 1. The number of nitrogens with zero attached hydrogens (tertiary/aromatic N) is 1. The van der Waals surface area contributed by atoms with Crippen LogP contribution >= 0.6 is 22.6 Å². The molecule has 1 aromatic rings. The molecule has 0 N–H and O–H groups in total. The quantitative estimate of drug-likeness (QED) is 0.592. The molecule has 108 valence electrons. The maximum atomic E-state index is 12.5. The van der Waals surface area contributed by atoms with Crippen molar-refractivity contribution in [1.29, 1.82) is 0 Å². The molecule has 0 radical (unpaired) electrons. The Morgan fingerprint density at radius 3 is 2.85 bits per heavy atom. The van der Waals surface area contributed by atoms with Crippen molar-refractivity contribution >= 4 is 34.5 Å². The van der Waals surface area contributed by atoms with Gasteiger partial charge in [-0.05, 0) is 54.5 Å². The van der Waals surface area contributed by atoms with Gasteiger partial charge in [-0.15, -0.1) is 0 Å². The van der Waals surface area contributed by atoms with Gasteiger partial charge in [0, 0.05) is 16.7 Å². The Balaban J connectivity index is 2.07. The maximum absolute atomic E-state index is 12.5. The zero-order valence-corrected chi connectivity index (χ0v) is 13.6. The molecule has 1 heterocycles. The number of hydrogen-bond donors (Lipinski definition) is 0. The molecule has 0 spiro atoms. The van der Waals surface area contributed by atoms with Gasteiger partial charge in [0.05, 0.1) is 18.1 Å². The average molecular weight is 387 g/mol. The number of ether oxygens (including phenoxy) is 1. The summed E-state index contributed by atoms with van der Waals surface area (Å²) in [6.45, 7) is 3.36. The standard InChI is InChI=1S/C15H18INO3/c1-2-20-15(19)11-6-5-9-17(10-11)14(18)12-7-3-4-8-13(12)16/h3-4,7-8,11H,2,5-6,9-10H2,1H3/t11-/m1/s1. The predicted octanol–water partition coefficient (Wildman–Crippen LogP) is 2.71. The van der Waals surface area contributed by atoms with Gasteiger partial charge in [0.25, 0.3) is 5.91 Å². The number of hydrogen-bond acceptors (Lipinski definition) is 3. The van der Waals surface area contributed by atoms with E-state index in [0.717, 1.165) is 16.4 Å². The number of carbonyl (C=O) groups is 2. The Kier molecular flexibility index (Phi) is 5.39. The van der Waals surface area contributed by atoms with Crippen LogP contribution in [0.5, 0.6) is 0 Å². The van der Waals surface area contributed by atoms with E-state index in [-0.39, 0.29) is 17.8 Å². The zero-order valence-electron chi connectivity index (χ0n) is 11.5. The molecule has 1 atom stereocenters. The van der Waals surface area contributed by atoms with Gasteiger partial charge in [-0.25, -0.2) is 0 Å². The first-order valence-corrected chi connectivity index (χ1v) is 7.91. The van der Waals surface area contributed by atoms with Gasteiger partial charge in [-0.1, -0.05) is 12.1 Å². The third kappa shape index (κ3) is 3.50. The third-order valence-corrected chi connectivity index (χ3v) is 4.37. The molecule has 1 fully saturated rings. The van der Waals surface area contributed by atoms with Crippen molar-refractivity contribution in [3.05, 3.63) is 33.4 Å². The summed E-state index contributed by atoms with van der Waals surface area (Å²) in [7, 11) is 0. The molecule has 2 rings (SSSR count). The van der Waals surface area contributed by atoms with E-state index in [2.05, 4.69) is 22.6 Å². The smallest absolute Gasteiger partial charge is 0.310 e. The molecule has 4 nitrogen and oxygen atoms in total. The van der Waals surface area contributed by atoms with Gasteiger partial charge in [-0.2, -0.15) is 0 Å². The van der Waals surface area contributed by atoms with Crippen LogP contribution in [0.15, 0.2) is 24.3 Å². The lowest BCUT2D eigenvalue weighted by Gasteiger charge is -2.31. The fourth-order valence-electron chi connectivity index (χ4n) is 2.42. The summed E-state index contributed by atoms with van der Waals surface area (Å²) in [5, 5.41) is 0. The molecule has 0 bridgehead atoms. The first kappa shape index (κ1) is 15.3. The minimum atomic E-state index is -0.187. The second kappa shape index (κ2) is 7.06. The topological polar surface area (TPSA) is 46.6 Å². The lowest BCUT2D eigenvalue weighted by molar-refractivity contribution is -0.149. The Labute approximate surface area is 132 Å². The van der Waals surface area contributed by atoms with Crippen LogP contribution in [0.4, 0.5) is 0 Å². The molecule has 1 aliphatic rings. The second-order valence-corrected chi connectivity index (χ2v) is 5.98. The minimum absolute atomic E-state index is 0.00370. The van der Waals surface area contributed by atoms with Crippen LogP contribution in [0, 0.1) is 9.49 Å². The average Bonchev–Trinajstić information content (AvgIpc) is 2.47. The van der Waals surface area contributed by atoms with Gasteiger partial charge in [-0.3, -0.25) is 9.59 Å². The molecule has 1 saturated heterocycles. The molecular weight excluding hydrogens is 369 g/mol. The van der Waals surface area contributed by atoms with Gasteiger partial charge in [0.2, 0.25) is 0 Å². The summed E-state index contributed by atoms with van der Waals surface area (Å²) in [4.78, 5) is 26.1. The Hall–Kier alpha value is -1.11. The molecule has 0 aromatic heterocycles. The summed E-state index contributed by atoms with van der Waals surface area (Å²) >= 11 is 2.16. The molecule has 0 aliphatic carbocycles. The maximum Gasteiger partial charge on any atom is 0.310 e. The largest absolute Gasteiger partial charge is 0.466 e. The van der Waals surface area contributed by atoms with Crippen molar-refractivity contribution < 1.29 is 14.3 Å². The van der Waals surface area contributed by atoms with Crippen LogP contribution in [0.1, 0.15) is 30.1 Å². The summed E-state index contributed by atoms with van der Waals surface area (Å²) in [5.74, 6) is -0.370. The Morgan fingerprint density at radius 2 is 2.15 bits per heavy atom. The van der Waals surface area contributed by atoms with Gasteiger partial charge in [0.15, 0.2) is 0 Å². The molecule has 5 heteroatoms. The molecular formula is C15H18INO3. The fraction of sp³-hybridized carbons (Fsp3) is 0.467. The van der Waals surface area contributed by atoms with Gasteiger partial charge < -0.3 is 9.64 Å². The highest BCUT2D eigenvalue weighted by molar-refractivity contribution is 14.1. The van der Waals surface area contributed by atoms with Gasteiger partial charge in [0.1, 0.15) is 0 Å². The van der Waals surface area contributed by atoms with E-state index in [1.54, 1.807) is 11.8 Å². The number of benzene rings is 1. The van der Waals surface area contributed by atoms with Crippen LogP contribution in [-0.2, 0) is 9.53 Å². The van der Waals surface area contributed by atoms with Crippen molar-refractivity contribution in [2.75, 3.05) is 19.7 Å². The Bertz CT molecular complexity index is 504. The van der Waals surface area contributed by atoms with E-state index in [1.807, 2.05) is 24.3 Å². The van der Waals surface area contributed by atoms with Crippen LogP contribution in [-0.4, -0.2) is 36.5 Å². The van der Waals surface area contributed by atoms with Gasteiger partial charge >= 0.3 is 5.97 Å².